The number of rotatable bonds is 3. The minimum absolute atomic E-state index is 0.715. The van der Waals surface area contributed by atoms with Crippen LogP contribution in [0.25, 0.3) is 0 Å². The average molecular weight is 260 g/mol. The lowest BCUT2D eigenvalue weighted by Gasteiger charge is -2.44. The Balaban J connectivity index is 1.81. The van der Waals surface area contributed by atoms with Gasteiger partial charge in [-0.2, -0.15) is 4.98 Å². The summed E-state index contributed by atoms with van der Waals surface area (Å²) in [5.41, 5.74) is 0. The molecule has 2 fully saturated rings. The average Bonchev–Trinajstić information content (AvgIpc) is 2.47. The quantitative estimate of drug-likeness (QED) is 0.907. The van der Waals surface area contributed by atoms with Crippen molar-refractivity contribution in [2.24, 2.45) is 5.92 Å². The molecule has 1 saturated carbocycles. The van der Waals surface area contributed by atoms with E-state index >= 15 is 0 Å². The van der Waals surface area contributed by atoms with E-state index in [1.165, 1.54) is 38.5 Å². The summed E-state index contributed by atoms with van der Waals surface area (Å²) >= 11 is 0. The van der Waals surface area contributed by atoms with E-state index < -0.39 is 0 Å². The van der Waals surface area contributed by atoms with E-state index in [0.29, 0.717) is 6.04 Å². The van der Waals surface area contributed by atoms with Crippen LogP contribution >= 0.6 is 0 Å². The van der Waals surface area contributed by atoms with Crippen molar-refractivity contribution in [1.29, 1.82) is 0 Å². The fraction of sp³-hybridized carbons (Fsp3) is 0.733. The van der Waals surface area contributed by atoms with Crippen molar-refractivity contribution in [2.45, 2.75) is 51.5 Å². The van der Waals surface area contributed by atoms with Crippen LogP contribution in [0.15, 0.2) is 12.3 Å². The number of hydrogen-bond acceptors (Lipinski definition) is 4. The first kappa shape index (κ1) is 12.7. The molecule has 0 spiro atoms. The molecule has 1 aliphatic heterocycles. The number of nitrogens with zero attached hydrogens (tertiary/aromatic N) is 3. The lowest BCUT2D eigenvalue weighted by atomic mass is 9.78. The van der Waals surface area contributed by atoms with E-state index in [0.717, 1.165) is 30.8 Å². The summed E-state index contributed by atoms with van der Waals surface area (Å²) < 4.78 is 0. The maximum absolute atomic E-state index is 4.68. The van der Waals surface area contributed by atoms with Crippen LogP contribution in [0.2, 0.25) is 0 Å². The van der Waals surface area contributed by atoms with Gasteiger partial charge in [-0.1, -0.05) is 12.8 Å². The Morgan fingerprint density at radius 2 is 2.11 bits per heavy atom. The molecular weight excluding hydrogens is 236 g/mol. The monoisotopic (exact) mass is 260 g/mol. The molecule has 1 aromatic heterocycles. The standard InChI is InChI=1S/C15H24N4/c1-2-16-15-17-10-9-14(18-15)19-11-5-7-12-6-3-4-8-13(12)19/h9-10,12-13H,2-8,11H2,1H3,(H,16,17,18). The first-order valence-corrected chi connectivity index (χ1v) is 7.72. The summed E-state index contributed by atoms with van der Waals surface area (Å²) in [6, 6.07) is 2.78. The van der Waals surface area contributed by atoms with Crippen LogP contribution in [0, 0.1) is 5.92 Å². The SMILES string of the molecule is CCNc1nccc(N2CCCC3CCCCC32)n1. The molecule has 1 saturated heterocycles. The van der Waals surface area contributed by atoms with Crippen LogP contribution in [-0.2, 0) is 0 Å². The van der Waals surface area contributed by atoms with Gasteiger partial charge in [0.25, 0.3) is 0 Å². The molecule has 104 valence electrons. The van der Waals surface area contributed by atoms with Gasteiger partial charge < -0.3 is 10.2 Å². The van der Waals surface area contributed by atoms with Gasteiger partial charge >= 0.3 is 0 Å². The molecule has 19 heavy (non-hydrogen) atoms. The lowest BCUT2D eigenvalue weighted by Crippen LogP contribution is -2.47. The van der Waals surface area contributed by atoms with Gasteiger partial charge in [0.05, 0.1) is 0 Å². The van der Waals surface area contributed by atoms with E-state index in [1.54, 1.807) is 0 Å². The lowest BCUT2D eigenvalue weighted by molar-refractivity contribution is 0.243. The minimum Gasteiger partial charge on any atom is -0.354 e. The molecule has 0 amide bonds. The Morgan fingerprint density at radius 1 is 1.26 bits per heavy atom. The van der Waals surface area contributed by atoms with Crippen LogP contribution in [0.5, 0.6) is 0 Å². The zero-order valence-electron chi connectivity index (χ0n) is 11.8. The molecule has 2 heterocycles. The Hall–Kier alpha value is -1.32. The van der Waals surface area contributed by atoms with Gasteiger partial charge in [0, 0.05) is 25.3 Å². The number of anilines is 2. The number of nitrogens with one attached hydrogen (secondary N) is 1. The van der Waals surface area contributed by atoms with Crippen LogP contribution < -0.4 is 10.2 Å². The molecule has 2 unspecified atom stereocenters. The third-order valence-corrected chi connectivity index (χ3v) is 4.51. The maximum atomic E-state index is 4.68. The van der Waals surface area contributed by atoms with Gasteiger partial charge in [0.1, 0.15) is 5.82 Å². The molecular formula is C15H24N4. The zero-order valence-corrected chi connectivity index (χ0v) is 11.8. The topological polar surface area (TPSA) is 41.1 Å². The van der Waals surface area contributed by atoms with Gasteiger partial charge in [-0.25, -0.2) is 4.98 Å². The Kier molecular flexibility index (Phi) is 3.85. The van der Waals surface area contributed by atoms with Gasteiger partial charge in [0.15, 0.2) is 0 Å². The van der Waals surface area contributed by atoms with Gasteiger partial charge in [-0.3, -0.25) is 0 Å². The largest absolute Gasteiger partial charge is 0.354 e. The molecule has 1 N–H and O–H groups in total. The van der Waals surface area contributed by atoms with Crippen LogP contribution in [0.1, 0.15) is 45.4 Å². The van der Waals surface area contributed by atoms with Crippen molar-refractivity contribution in [3.05, 3.63) is 12.3 Å². The Bertz CT molecular complexity index is 418. The molecule has 2 atom stereocenters. The van der Waals surface area contributed by atoms with E-state index in [-0.39, 0.29) is 0 Å². The molecule has 0 bridgehead atoms. The van der Waals surface area contributed by atoms with Crippen LogP contribution in [0.4, 0.5) is 11.8 Å². The number of fused-ring (bicyclic) bond motifs is 1. The van der Waals surface area contributed by atoms with Gasteiger partial charge in [-0.05, 0) is 44.6 Å². The number of aromatic nitrogens is 2. The molecule has 0 aromatic carbocycles. The molecule has 1 aromatic rings. The summed E-state index contributed by atoms with van der Waals surface area (Å²) in [6.45, 7) is 4.10. The predicted octanol–water partition coefficient (Wildman–Crippen LogP) is 3.07. The van der Waals surface area contributed by atoms with Gasteiger partial charge in [-0.15, -0.1) is 0 Å². The molecule has 2 aliphatic rings. The van der Waals surface area contributed by atoms with Crippen LogP contribution in [0.3, 0.4) is 0 Å². The molecule has 4 heteroatoms. The molecule has 1 aliphatic carbocycles. The van der Waals surface area contributed by atoms with Crippen molar-refractivity contribution >= 4 is 11.8 Å². The fourth-order valence-electron chi connectivity index (χ4n) is 3.66. The maximum Gasteiger partial charge on any atom is 0.224 e. The first-order valence-electron chi connectivity index (χ1n) is 7.72. The highest BCUT2D eigenvalue weighted by atomic mass is 15.3. The summed E-state index contributed by atoms with van der Waals surface area (Å²) in [4.78, 5) is 11.5. The Morgan fingerprint density at radius 3 is 3.00 bits per heavy atom. The Labute approximate surface area is 115 Å². The van der Waals surface area contributed by atoms with Crippen molar-refractivity contribution in [1.82, 2.24) is 9.97 Å². The summed E-state index contributed by atoms with van der Waals surface area (Å²) in [5, 5.41) is 3.21. The first-order chi connectivity index (χ1) is 9.38. The van der Waals surface area contributed by atoms with Crippen molar-refractivity contribution in [3.8, 4) is 0 Å². The summed E-state index contributed by atoms with van der Waals surface area (Å²) in [6.07, 6.45) is 10.1. The normalized spacial score (nSPS) is 26.9. The number of hydrogen-bond donors (Lipinski definition) is 1. The minimum atomic E-state index is 0.715. The highest BCUT2D eigenvalue weighted by Crippen LogP contribution is 2.37. The fourth-order valence-corrected chi connectivity index (χ4v) is 3.66. The smallest absolute Gasteiger partial charge is 0.224 e. The third-order valence-electron chi connectivity index (χ3n) is 4.51. The van der Waals surface area contributed by atoms with Crippen molar-refractivity contribution in [2.75, 3.05) is 23.3 Å². The summed E-state index contributed by atoms with van der Waals surface area (Å²) in [5.74, 6) is 2.76. The molecule has 3 rings (SSSR count). The highest BCUT2D eigenvalue weighted by molar-refractivity contribution is 5.44. The van der Waals surface area contributed by atoms with E-state index in [2.05, 4.69) is 33.2 Å². The van der Waals surface area contributed by atoms with Crippen molar-refractivity contribution in [3.63, 3.8) is 0 Å². The van der Waals surface area contributed by atoms with Crippen LogP contribution in [-0.4, -0.2) is 29.1 Å². The molecule has 4 nitrogen and oxygen atoms in total. The second-order valence-electron chi connectivity index (χ2n) is 5.72. The molecule has 0 radical (unpaired) electrons. The summed E-state index contributed by atoms with van der Waals surface area (Å²) in [7, 11) is 0. The van der Waals surface area contributed by atoms with E-state index in [4.69, 9.17) is 0 Å². The second kappa shape index (κ2) is 5.76. The highest BCUT2D eigenvalue weighted by Gasteiger charge is 2.33. The van der Waals surface area contributed by atoms with Gasteiger partial charge in [0.2, 0.25) is 5.95 Å². The third kappa shape index (κ3) is 2.67. The predicted molar refractivity (Wildman–Crippen MR) is 78.5 cm³/mol. The zero-order chi connectivity index (χ0) is 13.1. The van der Waals surface area contributed by atoms with Crippen molar-refractivity contribution < 1.29 is 0 Å². The number of piperidine rings is 1. The van der Waals surface area contributed by atoms with E-state index in [1.807, 2.05) is 6.20 Å². The second-order valence-corrected chi connectivity index (χ2v) is 5.72. The van der Waals surface area contributed by atoms with E-state index in [9.17, 15) is 0 Å².